The van der Waals surface area contributed by atoms with Crippen LogP contribution in [-0.2, 0) is 11.3 Å². The summed E-state index contributed by atoms with van der Waals surface area (Å²) in [7, 11) is 1.65. The van der Waals surface area contributed by atoms with Gasteiger partial charge in [0.1, 0.15) is 17.7 Å². The van der Waals surface area contributed by atoms with Gasteiger partial charge in [-0.1, -0.05) is 36.4 Å². The van der Waals surface area contributed by atoms with Crippen LogP contribution >= 0.6 is 0 Å². The maximum atomic E-state index is 13.7. The maximum Gasteiger partial charge on any atom is 0.254 e. The van der Waals surface area contributed by atoms with Crippen molar-refractivity contribution < 1.29 is 18.7 Å². The number of ether oxygens (including phenoxy) is 2. The van der Waals surface area contributed by atoms with Gasteiger partial charge < -0.3 is 14.4 Å². The molecule has 32 heavy (non-hydrogen) atoms. The van der Waals surface area contributed by atoms with Gasteiger partial charge in [-0.05, 0) is 72.9 Å². The number of halogens is 1. The minimum absolute atomic E-state index is 0.00942. The van der Waals surface area contributed by atoms with E-state index in [1.807, 2.05) is 66.4 Å². The van der Waals surface area contributed by atoms with Gasteiger partial charge in [0.2, 0.25) is 0 Å². The number of carbonyl (C=O) groups is 1. The summed E-state index contributed by atoms with van der Waals surface area (Å²) in [5.41, 5.74) is 3.22. The van der Waals surface area contributed by atoms with E-state index >= 15 is 0 Å². The number of hydrogen-bond acceptors (Lipinski definition) is 3. The third-order valence-electron chi connectivity index (χ3n) is 5.51. The SMILES string of the molecule is COC[C@H](C)Oc1cccc(CN(C(=O)c2cccc(-c3cccc(F)c3)c2)C2CC2)c1. The molecular weight excluding hydrogens is 405 g/mol. The molecule has 0 aliphatic heterocycles. The summed E-state index contributed by atoms with van der Waals surface area (Å²) in [5.74, 6) is 0.467. The van der Waals surface area contributed by atoms with Gasteiger partial charge in [0.05, 0.1) is 6.61 Å². The van der Waals surface area contributed by atoms with Crippen LogP contribution in [0.2, 0.25) is 0 Å². The van der Waals surface area contributed by atoms with Gasteiger partial charge in [-0.25, -0.2) is 4.39 Å². The topological polar surface area (TPSA) is 38.8 Å². The highest BCUT2D eigenvalue weighted by Crippen LogP contribution is 2.31. The molecular formula is C27H28FNO3. The predicted octanol–water partition coefficient (Wildman–Crippen LogP) is 5.71. The lowest BCUT2D eigenvalue weighted by Crippen LogP contribution is -2.32. The van der Waals surface area contributed by atoms with Gasteiger partial charge in [0, 0.05) is 25.3 Å². The largest absolute Gasteiger partial charge is 0.488 e. The Kier molecular flexibility index (Phi) is 6.86. The lowest BCUT2D eigenvalue weighted by Gasteiger charge is -2.23. The normalized spacial score (nSPS) is 14.1. The van der Waals surface area contributed by atoms with Crippen LogP contribution < -0.4 is 4.74 Å². The van der Waals surface area contributed by atoms with Crippen molar-refractivity contribution in [3.05, 3.63) is 89.7 Å². The van der Waals surface area contributed by atoms with Crippen LogP contribution in [0.5, 0.6) is 5.75 Å². The number of carbonyl (C=O) groups excluding carboxylic acids is 1. The first-order chi connectivity index (χ1) is 15.5. The third kappa shape index (κ3) is 5.54. The highest BCUT2D eigenvalue weighted by molar-refractivity contribution is 5.95. The number of amides is 1. The molecule has 0 bridgehead atoms. The average molecular weight is 434 g/mol. The molecule has 3 aromatic rings. The fourth-order valence-electron chi connectivity index (χ4n) is 3.83. The van der Waals surface area contributed by atoms with E-state index in [0.29, 0.717) is 18.7 Å². The summed E-state index contributed by atoms with van der Waals surface area (Å²) in [4.78, 5) is 15.4. The lowest BCUT2D eigenvalue weighted by molar-refractivity contribution is 0.0729. The predicted molar refractivity (Wildman–Crippen MR) is 123 cm³/mol. The van der Waals surface area contributed by atoms with Gasteiger partial charge in [-0.2, -0.15) is 0 Å². The monoisotopic (exact) mass is 433 g/mol. The zero-order valence-corrected chi connectivity index (χ0v) is 18.5. The zero-order valence-electron chi connectivity index (χ0n) is 18.5. The Morgan fingerprint density at radius 1 is 1.03 bits per heavy atom. The fraction of sp³-hybridized carbons (Fsp3) is 0.296. The quantitative estimate of drug-likeness (QED) is 0.434. The van der Waals surface area contributed by atoms with Crippen molar-refractivity contribution in [2.75, 3.05) is 13.7 Å². The zero-order chi connectivity index (χ0) is 22.5. The minimum atomic E-state index is -0.291. The van der Waals surface area contributed by atoms with E-state index in [2.05, 4.69) is 0 Å². The van der Waals surface area contributed by atoms with Crippen LogP contribution in [0.25, 0.3) is 11.1 Å². The summed E-state index contributed by atoms with van der Waals surface area (Å²) < 4.78 is 24.7. The number of hydrogen-bond donors (Lipinski definition) is 0. The summed E-state index contributed by atoms with van der Waals surface area (Å²) in [5, 5.41) is 0. The summed E-state index contributed by atoms with van der Waals surface area (Å²) >= 11 is 0. The van der Waals surface area contributed by atoms with E-state index in [1.165, 1.54) is 12.1 Å². The van der Waals surface area contributed by atoms with Crippen LogP contribution in [-0.4, -0.2) is 36.7 Å². The van der Waals surface area contributed by atoms with E-state index in [-0.39, 0.29) is 23.9 Å². The molecule has 1 amide bonds. The first-order valence-corrected chi connectivity index (χ1v) is 10.9. The van der Waals surface area contributed by atoms with Crippen LogP contribution in [0.3, 0.4) is 0 Å². The molecule has 5 heteroatoms. The van der Waals surface area contributed by atoms with Gasteiger partial charge in [-0.3, -0.25) is 4.79 Å². The van der Waals surface area contributed by atoms with Crippen LogP contribution in [0.1, 0.15) is 35.7 Å². The standard InChI is InChI=1S/C27H28FNO3/c1-19(18-31-2)32-26-11-3-6-20(14-26)17-29(25-12-13-25)27(30)23-9-4-7-21(15-23)22-8-5-10-24(28)16-22/h3-11,14-16,19,25H,12-13,17-18H2,1-2H3/t19-/m0/s1. The molecule has 4 rings (SSSR count). The summed E-state index contributed by atoms with van der Waals surface area (Å²) in [6.45, 7) is 2.99. The van der Waals surface area contributed by atoms with Gasteiger partial charge in [0.15, 0.2) is 0 Å². The van der Waals surface area contributed by atoms with Crippen LogP contribution in [0, 0.1) is 5.82 Å². The maximum absolute atomic E-state index is 13.7. The lowest BCUT2D eigenvalue weighted by atomic mass is 10.0. The molecule has 0 saturated heterocycles. The van der Waals surface area contributed by atoms with E-state index < -0.39 is 0 Å². The van der Waals surface area contributed by atoms with E-state index in [9.17, 15) is 9.18 Å². The molecule has 0 radical (unpaired) electrons. The Balaban J connectivity index is 1.53. The number of rotatable bonds is 9. The first kappa shape index (κ1) is 22.0. The molecule has 1 saturated carbocycles. The Bertz CT molecular complexity index is 1080. The smallest absolute Gasteiger partial charge is 0.254 e. The molecule has 1 fully saturated rings. The summed E-state index contributed by atoms with van der Waals surface area (Å²) in [6, 6.07) is 22.0. The second-order valence-electron chi connectivity index (χ2n) is 8.29. The molecule has 1 atom stereocenters. The number of methoxy groups -OCH3 is 1. The average Bonchev–Trinajstić information content (AvgIpc) is 3.63. The van der Waals surface area contributed by atoms with Gasteiger partial charge in [0.25, 0.3) is 5.91 Å². The van der Waals surface area contributed by atoms with E-state index in [0.717, 1.165) is 35.3 Å². The number of benzene rings is 3. The molecule has 4 nitrogen and oxygen atoms in total. The molecule has 0 N–H and O–H groups in total. The molecule has 3 aromatic carbocycles. The fourth-order valence-corrected chi connectivity index (χ4v) is 3.83. The Labute approximate surface area is 188 Å². The highest BCUT2D eigenvalue weighted by Gasteiger charge is 2.33. The van der Waals surface area contributed by atoms with Gasteiger partial charge in [-0.15, -0.1) is 0 Å². The van der Waals surface area contributed by atoms with Crippen molar-refractivity contribution in [2.45, 2.75) is 38.5 Å². The molecule has 166 valence electrons. The number of nitrogens with zero attached hydrogens (tertiary/aromatic N) is 1. The Hall–Kier alpha value is -3.18. The van der Waals surface area contributed by atoms with Crippen molar-refractivity contribution in [1.29, 1.82) is 0 Å². The minimum Gasteiger partial charge on any atom is -0.488 e. The van der Waals surface area contributed by atoms with Crippen LogP contribution in [0.15, 0.2) is 72.8 Å². The second kappa shape index (κ2) is 9.96. The summed E-state index contributed by atoms with van der Waals surface area (Å²) in [6.07, 6.45) is 1.97. The van der Waals surface area contributed by atoms with Gasteiger partial charge >= 0.3 is 0 Å². The van der Waals surface area contributed by atoms with Crippen molar-refractivity contribution >= 4 is 5.91 Å². The van der Waals surface area contributed by atoms with Crippen molar-refractivity contribution in [1.82, 2.24) is 4.90 Å². The highest BCUT2D eigenvalue weighted by atomic mass is 19.1. The van der Waals surface area contributed by atoms with Crippen LogP contribution in [0.4, 0.5) is 4.39 Å². The third-order valence-corrected chi connectivity index (χ3v) is 5.51. The molecule has 0 aromatic heterocycles. The Morgan fingerprint density at radius 2 is 1.75 bits per heavy atom. The molecule has 0 spiro atoms. The first-order valence-electron chi connectivity index (χ1n) is 10.9. The molecule has 0 heterocycles. The molecule has 1 aliphatic carbocycles. The Morgan fingerprint density at radius 3 is 2.47 bits per heavy atom. The van der Waals surface area contributed by atoms with Crippen molar-refractivity contribution in [3.63, 3.8) is 0 Å². The van der Waals surface area contributed by atoms with Crippen molar-refractivity contribution in [3.8, 4) is 16.9 Å². The van der Waals surface area contributed by atoms with Crippen molar-refractivity contribution in [2.24, 2.45) is 0 Å². The van der Waals surface area contributed by atoms with E-state index in [1.54, 1.807) is 13.2 Å². The second-order valence-corrected chi connectivity index (χ2v) is 8.29. The molecule has 0 unspecified atom stereocenters. The van der Waals surface area contributed by atoms with E-state index in [4.69, 9.17) is 9.47 Å². The molecule has 1 aliphatic rings.